The first kappa shape index (κ1) is 13.4. The van der Waals surface area contributed by atoms with Crippen molar-refractivity contribution >= 4 is 22.4 Å². The van der Waals surface area contributed by atoms with Gasteiger partial charge in [0.2, 0.25) is 0 Å². The summed E-state index contributed by atoms with van der Waals surface area (Å²) in [6, 6.07) is 9.67. The molecular formula is C15H19N3O. The Balaban J connectivity index is 1.87. The van der Waals surface area contributed by atoms with Gasteiger partial charge in [-0.15, -0.1) is 6.58 Å². The molecular weight excluding hydrogens is 238 g/mol. The molecule has 2 aromatic rings. The third kappa shape index (κ3) is 3.96. The lowest BCUT2D eigenvalue weighted by Crippen LogP contribution is -2.10. The molecule has 0 bridgehead atoms. The number of fused-ring (bicyclic) bond motifs is 1. The van der Waals surface area contributed by atoms with Crippen LogP contribution >= 0.6 is 0 Å². The molecule has 1 aromatic heterocycles. The van der Waals surface area contributed by atoms with E-state index >= 15 is 0 Å². The molecule has 0 radical (unpaired) electrons. The second-order valence-electron chi connectivity index (χ2n) is 4.27. The molecule has 4 heteroatoms. The second-order valence-corrected chi connectivity index (χ2v) is 4.27. The number of benzene rings is 1. The van der Waals surface area contributed by atoms with Crippen molar-refractivity contribution in [3.8, 4) is 0 Å². The Morgan fingerprint density at radius 2 is 2.16 bits per heavy atom. The molecule has 0 aliphatic carbocycles. The Morgan fingerprint density at radius 3 is 3.00 bits per heavy atom. The van der Waals surface area contributed by atoms with Gasteiger partial charge in [-0.05, 0) is 36.8 Å². The van der Waals surface area contributed by atoms with E-state index in [2.05, 4.69) is 16.9 Å². The van der Waals surface area contributed by atoms with Crippen LogP contribution in [0.5, 0.6) is 0 Å². The number of ether oxygens (including phenoxy) is 1. The van der Waals surface area contributed by atoms with Crippen molar-refractivity contribution in [3.63, 3.8) is 0 Å². The zero-order valence-corrected chi connectivity index (χ0v) is 10.9. The second kappa shape index (κ2) is 6.75. The molecule has 3 N–H and O–H groups in total. The fourth-order valence-electron chi connectivity index (χ4n) is 1.76. The van der Waals surface area contributed by atoms with E-state index in [0.717, 1.165) is 42.0 Å². The van der Waals surface area contributed by atoms with Gasteiger partial charge in [0.05, 0.1) is 18.7 Å². The van der Waals surface area contributed by atoms with Gasteiger partial charge >= 0.3 is 0 Å². The number of nitrogens with zero attached hydrogens (tertiary/aromatic N) is 1. The van der Waals surface area contributed by atoms with Crippen molar-refractivity contribution in [2.24, 2.45) is 0 Å². The molecule has 2 rings (SSSR count). The van der Waals surface area contributed by atoms with Crippen LogP contribution in [0.2, 0.25) is 0 Å². The van der Waals surface area contributed by atoms with Gasteiger partial charge in [-0.25, -0.2) is 4.98 Å². The van der Waals surface area contributed by atoms with Crippen LogP contribution in [0.15, 0.2) is 43.0 Å². The van der Waals surface area contributed by atoms with E-state index in [9.17, 15) is 0 Å². The highest BCUT2D eigenvalue weighted by molar-refractivity contribution is 5.83. The van der Waals surface area contributed by atoms with Crippen molar-refractivity contribution in [2.45, 2.75) is 6.42 Å². The Bertz CT molecular complexity index is 554. The fraction of sp³-hybridized carbons (Fsp3) is 0.267. The molecule has 0 spiro atoms. The summed E-state index contributed by atoms with van der Waals surface area (Å²) in [5.41, 5.74) is 7.43. The molecule has 0 aliphatic rings. The van der Waals surface area contributed by atoms with Crippen LogP contribution in [-0.4, -0.2) is 24.7 Å². The summed E-state index contributed by atoms with van der Waals surface area (Å²) in [6.45, 7) is 5.77. The number of aromatic nitrogens is 1. The van der Waals surface area contributed by atoms with Crippen molar-refractivity contribution < 1.29 is 4.74 Å². The van der Waals surface area contributed by atoms with Crippen molar-refractivity contribution in [1.29, 1.82) is 0 Å². The van der Waals surface area contributed by atoms with E-state index in [1.165, 1.54) is 0 Å². The van der Waals surface area contributed by atoms with Gasteiger partial charge in [0.15, 0.2) is 0 Å². The van der Waals surface area contributed by atoms with Crippen molar-refractivity contribution in [2.75, 3.05) is 30.8 Å². The maximum Gasteiger partial charge on any atom is 0.126 e. The zero-order valence-electron chi connectivity index (χ0n) is 10.9. The lowest BCUT2D eigenvalue weighted by atomic mass is 10.2. The molecule has 0 saturated heterocycles. The average Bonchev–Trinajstić information content (AvgIpc) is 2.43. The van der Waals surface area contributed by atoms with Crippen LogP contribution in [0, 0.1) is 0 Å². The summed E-state index contributed by atoms with van der Waals surface area (Å²) in [7, 11) is 0. The molecule has 0 unspecified atom stereocenters. The van der Waals surface area contributed by atoms with Gasteiger partial charge in [0.1, 0.15) is 5.82 Å². The predicted octanol–water partition coefficient (Wildman–Crippen LogP) is 2.82. The summed E-state index contributed by atoms with van der Waals surface area (Å²) < 4.78 is 5.42. The standard InChI is InChI=1S/C15H19N3O/c1-2-3-9-19-10-8-17-15-7-4-12-11-13(16)5-6-14(12)18-15/h2,4-7,11H,1,3,8-10,16H2,(H,17,18). The van der Waals surface area contributed by atoms with E-state index < -0.39 is 0 Å². The van der Waals surface area contributed by atoms with Gasteiger partial charge in [-0.3, -0.25) is 0 Å². The number of hydrogen-bond acceptors (Lipinski definition) is 4. The number of nitrogens with one attached hydrogen (secondary N) is 1. The predicted molar refractivity (Wildman–Crippen MR) is 80.3 cm³/mol. The SMILES string of the molecule is C=CCCOCCNc1ccc2cc(N)ccc2n1. The van der Waals surface area contributed by atoms with Crippen LogP contribution in [0.25, 0.3) is 10.9 Å². The fourth-order valence-corrected chi connectivity index (χ4v) is 1.76. The quantitative estimate of drug-likeness (QED) is 0.455. The van der Waals surface area contributed by atoms with E-state index in [-0.39, 0.29) is 0 Å². The highest BCUT2D eigenvalue weighted by atomic mass is 16.5. The third-order valence-corrected chi connectivity index (χ3v) is 2.73. The summed E-state index contributed by atoms with van der Waals surface area (Å²) in [6.07, 6.45) is 2.74. The van der Waals surface area contributed by atoms with Crippen LogP contribution < -0.4 is 11.1 Å². The monoisotopic (exact) mass is 257 g/mol. The van der Waals surface area contributed by atoms with E-state index in [1.807, 2.05) is 36.4 Å². The minimum absolute atomic E-state index is 0.662. The Morgan fingerprint density at radius 1 is 1.26 bits per heavy atom. The van der Waals surface area contributed by atoms with Gasteiger partial charge in [-0.2, -0.15) is 0 Å². The van der Waals surface area contributed by atoms with Crippen LogP contribution in [0.1, 0.15) is 6.42 Å². The Kier molecular flexibility index (Phi) is 4.75. The van der Waals surface area contributed by atoms with Gasteiger partial charge in [-0.1, -0.05) is 6.08 Å². The smallest absolute Gasteiger partial charge is 0.126 e. The molecule has 0 fully saturated rings. The lowest BCUT2D eigenvalue weighted by Gasteiger charge is -2.07. The molecule has 1 aromatic carbocycles. The van der Waals surface area contributed by atoms with Crippen molar-refractivity contribution in [3.05, 3.63) is 43.0 Å². The average molecular weight is 257 g/mol. The Hall–Kier alpha value is -2.07. The topological polar surface area (TPSA) is 60.2 Å². The molecule has 1 heterocycles. The normalized spacial score (nSPS) is 10.5. The molecule has 4 nitrogen and oxygen atoms in total. The highest BCUT2D eigenvalue weighted by Crippen LogP contribution is 2.17. The molecule has 100 valence electrons. The summed E-state index contributed by atoms with van der Waals surface area (Å²) in [5.74, 6) is 0.851. The van der Waals surface area contributed by atoms with Gasteiger partial charge in [0, 0.05) is 17.6 Å². The van der Waals surface area contributed by atoms with Gasteiger partial charge < -0.3 is 15.8 Å². The first-order chi connectivity index (χ1) is 9.29. The number of pyridine rings is 1. The van der Waals surface area contributed by atoms with Gasteiger partial charge in [0.25, 0.3) is 0 Å². The van der Waals surface area contributed by atoms with E-state index in [4.69, 9.17) is 10.5 Å². The number of hydrogen-bond donors (Lipinski definition) is 2. The molecule has 0 atom stereocenters. The zero-order chi connectivity index (χ0) is 13.5. The minimum atomic E-state index is 0.662. The first-order valence-corrected chi connectivity index (χ1v) is 6.38. The summed E-state index contributed by atoms with van der Waals surface area (Å²) in [5, 5.41) is 4.28. The minimum Gasteiger partial charge on any atom is -0.399 e. The van der Waals surface area contributed by atoms with E-state index in [0.29, 0.717) is 6.61 Å². The van der Waals surface area contributed by atoms with Crippen LogP contribution in [0.4, 0.5) is 11.5 Å². The highest BCUT2D eigenvalue weighted by Gasteiger charge is 1.98. The molecule has 19 heavy (non-hydrogen) atoms. The summed E-state index contributed by atoms with van der Waals surface area (Å²) >= 11 is 0. The number of rotatable bonds is 7. The number of nitrogens with two attached hydrogens (primary N) is 1. The third-order valence-electron chi connectivity index (χ3n) is 2.73. The summed E-state index contributed by atoms with van der Waals surface area (Å²) in [4.78, 5) is 4.51. The van der Waals surface area contributed by atoms with Crippen LogP contribution in [-0.2, 0) is 4.74 Å². The first-order valence-electron chi connectivity index (χ1n) is 6.38. The lowest BCUT2D eigenvalue weighted by molar-refractivity contribution is 0.149. The van der Waals surface area contributed by atoms with Crippen molar-refractivity contribution in [1.82, 2.24) is 4.98 Å². The van der Waals surface area contributed by atoms with E-state index in [1.54, 1.807) is 0 Å². The maximum atomic E-state index is 5.73. The Labute approximate surface area is 113 Å². The molecule has 0 saturated carbocycles. The molecule has 0 amide bonds. The maximum absolute atomic E-state index is 5.73. The molecule has 0 aliphatic heterocycles. The van der Waals surface area contributed by atoms with Crippen LogP contribution in [0.3, 0.4) is 0 Å². The number of anilines is 2. The largest absolute Gasteiger partial charge is 0.399 e. The number of nitrogen functional groups attached to an aromatic ring is 1.